The van der Waals surface area contributed by atoms with Crippen molar-refractivity contribution in [1.29, 1.82) is 0 Å². The van der Waals surface area contributed by atoms with E-state index in [1.165, 1.54) is 0 Å². The third-order valence-electron chi connectivity index (χ3n) is 0.430. The van der Waals surface area contributed by atoms with Gasteiger partial charge in [0.15, 0.2) is 0 Å². The predicted molar refractivity (Wildman–Crippen MR) is 26.8 cm³/mol. The van der Waals surface area contributed by atoms with E-state index in [1.807, 2.05) is 13.8 Å². The van der Waals surface area contributed by atoms with Crippen molar-refractivity contribution >= 4 is 16.3 Å². The summed E-state index contributed by atoms with van der Waals surface area (Å²) in [6.07, 6.45) is 0. The smallest absolute Gasteiger partial charge is 1.00 e. The van der Waals surface area contributed by atoms with Gasteiger partial charge in [0.2, 0.25) is 0 Å². The van der Waals surface area contributed by atoms with Crippen molar-refractivity contribution in [3.05, 3.63) is 0 Å². The Morgan fingerprint density at radius 2 is 1.88 bits per heavy atom. The Bertz CT molecular complexity index is 35.2. The molecule has 0 heterocycles. The molecule has 4 heteroatoms. The van der Waals surface area contributed by atoms with Gasteiger partial charge < -0.3 is 34.0 Å². The number of rotatable bonds is 2. The second kappa shape index (κ2) is 11.3. The molecule has 0 N–H and O–H groups in total. The molecule has 1 nitrogen and oxygen atoms in total. The molecule has 0 radical (unpaired) electrons. The molecule has 0 aliphatic rings. The monoisotopic (exact) mass is 258 g/mol. The van der Waals surface area contributed by atoms with Crippen molar-refractivity contribution in [3.8, 4) is 0 Å². The summed E-state index contributed by atoms with van der Waals surface area (Å²) in [6.45, 7) is 4.79. The maximum absolute atomic E-state index is 5.00. The van der Waals surface area contributed by atoms with Gasteiger partial charge in [-0.15, -0.1) is 0 Å². The first kappa shape index (κ1) is 16.2. The van der Waals surface area contributed by atoms with Crippen LogP contribution in [0.25, 0.3) is 0 Å². The second-order valence-electron chi connectivity index (χ2n) is 1.16. The van der Waals surface area contributed by atoms with Crippen LogP contribution in [0.4, 0.5) is 0 Å². The van der Waals surface area contributed by atoms with Crippen LogP contribution < -0.4 is 34.0 Å². The summed E-state index contributed by atoms with van der Waals surface area (Å²) in [5, 5.41) is 0. The maximum Gasteiger partial charge on any atom is -1.00 e. The Morgan fingerprint density at radius 3 is 1.88 bits per heavy atom. The number of hydrogen-bond donors (Lipinski definition) is 0. The van der Waals surface area contributed by atoms with Gasteiger partial charge in [0.25, 0.3) is 0 Å². The van der Waals surface area contributed by atoms with Crippen LogP contribution in [0.5, 0.6) is 0 Å². The molecule has 0 aliphatic heterocycles. The van der Waals surface area contributed by atoms with Gasteiger partial charge in [-0.3, -0.25) is 0 Å². The zero-order valence-electron chi connectivity index (χ0n) is 5.03. The molecule has 0 spiro atoms. The molecule has 0 saturated heterocycles. The van der Waals surface area contributed by atoms with Gasteiger partial charge in [-0.1, -0.05) is 0 Å². The molecule has 0 aromatic rings. The van der Waals surface area contributed by atoms with E-state index in [1.54, 1.807) is 0 Å². The summed E-state index contributed by atoms with van der Waals surface area (Å²) in [5.74, 6) is 0. The Kier molecular flexibility index (Phi) is 22.9. The molecule has 0 saturated carbocycles. The first-order valence-corrected chi connectivity index (χ1v) is 2.81. The third-order valence-corrected chi connectivity index (χ3v) is 0.622. The predicted octanol–water partition coefficient (Wildman–Crippen LogP) is -5.45. The van der Waals surface area contributed by atoms with Crippen LogP contribution in [0, 0.1) is 0 Å². The first-order valence-electron chi connectivity index (χ1n) is 2.14. The van der Waals surface area contributed by atoms with Crippen LogP contribution in [-0.4, -0.2) is 27.9 Å². The van der Waals surface area contributed by atoms with Crippen LogP contribution in [-0.2, 0) is 4.74 Å². The molecule has 1 unspecified atom stereocenters. The van der Waals surface area contributed by atoms with E-state index in [0.717, 1.165) is 6.61 Å². The molecule has 0 aromatic carbocycles. The maximum atomic E-state index is 5.00. The van der Waals surface area contributed by atoms with Crippen LogP contribution in [0.15, 0.2) is 0 Å². The van der Waals surface area contributed by atoms with Crippen molar-refractivity contribution in [2.75, 3.05) is 6.61 Å². The SMILES string of the molecule is CCO[CH](C)[Al+2].[Br-].[Br-]. The molecular formula is C4H9AlBr2O. The Balaban J connectivity index is -0.000000125. The van der Waals surface area contributed by atoms with Gasteiger partial charge in [0.1, 0.15) is 0 Å². The first-order chi connectivity index (χ1) is 2.77. The summed E-state index contributed by atoms with van der Waals surface area (Å²) < 4.78 is 5.00. The van der Waals surface area contributed by atoms with E-state index >= 15 is 0 Å². The van der Waals surface area contributed by atoms with Crippen LogP contribution >= 0.6 is 0 Å². The summed E-state index contributed by atoms with van der Waals surface area (Å²) in [7, 11) is 0. The molecule has 48 valence electrons. The summed E-state index contributed by atoms with van der Waals surface area (Å²) in [4.78, 5) is 0.315. The zero-order chi connectivity index (χ0) is 4.99. The number of halogens is 2. The van der Waals surface area contributed by atoms with E-state index < -0.39 is 0 Å². The van der Waals surface area contributed by atoms with Crippen molar-refractivity contribution in [2.45, 2.75) is 18.8 Å². The Labute approximate surface area is 80.1 Å². The van der Waals surface area contributed by atoms with Gasteiger partial charge in [-0.25, -0.2) is 0 Å². The molecule has 0 fully saturated rings. The van der Waals surface area contributed by atoms with Crippen LogP contribution in [0.2, 0.25) is 0 Å². The van der Waals surface area contributed by atoms with E-state index in [9.17, 15) is 0 Å². The van der Waals surface area contributed by atoms with Crippen LogP contribution in [0.3, 0.4) is 0 Å². The van der Waals surface area contributed by atoms with Gasteiger partial charge in [0, 0.05) is 0 Å². The molecule has 0 amide bonds. The van der Waals surface area contributed by atoms with Gasteiger partial charge in [-0.05, 0) is 0 Å². The second-order valence-corrected chi connectivity index (χ2v) is 2.10. The molecule has 0 aromatic heterocycles. The molecule has 0 bridgehead atoms. The fourth-order valence-corrected chi connectivity index (χ4v) is 0.455. The van der Waals surface area contributed by atoms with E-state index in [4.69, 9.17) is 4.74 Å². The molecular weight excluding hydrogens is 251 g/mol. The largest absolute Gasteiger partial charge is 1.00 e. The average molecular weight is 260 g/mol. The van der Waals surface area contributed by atoms with E-state index in [0.29, 0.717) is 4.97 Å². The fraction of sp³-hybridized carbons (Fsp3) is 1.00. The normalized spacial score (nSPS) is 11.0. The summed E-state index contributed by atoms with van der Waals surface area (Å²) in [5.41, 5.74) is 0. The summed E-state index contributed by atoms with van der Waals surface area (Å²) in [6, 6.07) is 0. The van der Waals surface area contributed by atoms with Crippen LogP contribution in [0.1, 0.15) is 13.8 Å². The molecule has 1 atom stereocenters. The standard InChI is InChI=1S/C4H9O.Al.2BrH/c1-3-5-4-2;;;/h3H,4H2,1-2H3;;2*1H/q;+2;;/p-2. The summed E-state index contributed by atoms with van der Waals surface area (Å²) >= 11 is 2.56. The average Bonchev–Trinajstić information content (AvgIpc) is 1.35. The minimum Gasteiger partial charge on any atom is -1.00 e. The number of ether oxygens (including phenoxy) is 1. The van der Waals surface area contributed by atoms with Crippen molar-refractivity contribution in [2.24, 2.45) is 0 Å². The van der Waals surface area contributed by atoms with Crippen molar-refractivity contribution in [1.82, 2.24) is 0 Å². The molecule has 0 aliphatic carbocycles. The van der Waals surface area contributed by atoms with E-state index in [2.05, 4.69) is 16.3 Å². The van der Waals surface area contributed by atoms with Crippen molar-refractivity contribution < 1.29 is 38.7 Å². The van der Waals surface area contributed by atoms with Gasteiger partial charge >= 0.3 is 46.4 Å². The minimum absolute atomic E-state index is 0. The Hall–Kier alpha value is 1.45. The van der Waals surface area contributed by atoms with Gasteiger partial charge in [0.05, 0.1) is 0 Å². The van der Waals surface area contributed by atoms with Gasteiger partial charge in [-0.2, -0.15) is 0 Å². The third kappa shape index (κ3) is 15.7. The fourth-order valence-electron chi connectivity index (χ4n) is 0.263. The number of hydrogen-bond acceptors (Lipinski definition) is 1. The minimum atomic E-state index is 0. The molecule has 8 heavy (non-hydrogen) atoms. The Morgan fingerprint density at radius 1 is 1.50 bits per heavy atom. The zero-order valence-corrected chi connectivity index (χ0v) is 9.35. The molecule has 0 rings (SSSR count). The van der Waals surface area contributed by atoms with Crippen molar-refractivity contribution in [3.63, 3.8) is 0 Å². The topological polar surface area (TPSA) is 9.23 Å². The quantitative estimate of drug-likeness (QED) is 0.450. The van der Waals surface area contributed by atoms with E-state index in [-0.39, 0.29) is 34.0 Å².